The van der Waals surface area contributed by atoms with Gasteiger partial charge in [-0.05, 0) is 43.9 Å². The topological polar surface area (TPSA) is 69.6 Å². The van der Waals surface area contributed by atoms with Crippen LogP contribution in [0.2, 0.25) is 0 Å². The van der Waals surface area contributed by atoms with Crippen molar-refractivity contribution in [1.82, 2.24) is 5.32 Å². The zero-order valence-electron chi connectivity index (χ0n) is 13.4. The number of phenolic OH excluding ortho intramolecular Hbond substituents is 2. The number of hydrogen-bond donors (Lipinski definition) is 3. The van der Waals surface area contributed by atoms with Gasteiger partial charge in [0.1, 0.15) is 0 Å². The van der Waals surface area contributed by atoms with Crippen molar-refractivity contribution in [2.45, 2.75) is 51.9 Å². The van der Waals surface area contributed by atoms with E-state index in [2.05, 4.69) is 11.9 Å². The number of unbranched alkanes of at least 4 members (excludes halogenated alkanes) is 5. The van der Waals surface area contributed by atoms with Crippen LogP contribution >= 0.6 is 0 Å². The van der Waals surface area contributed by atoms with E-state index in [0.29, 0.717) is 5.57 Å². The molecule has 0 saturated heterocycles. The first-order valence-corrected chi connectivity index (χ1v) is 7.95. The van der Waals surface area contributed by atoms with Gasteiger partial charge in [-0.3, -0.25) is 4.79 Å². The summed E-state index contributed by atoms with van der Waals surface area (Å²) < 4.78 is 0. The maximum atomic E-state index is 11.3. The van der Waals surface area contributed by atoms with Crippen LogP contribution in [0.15, 0.2) is 30.4 Å². The fourth-order valence-electron chi connectivity index (χ4n) is 2.24. The number of phenols is 2. The monoisotopic (exact) mass is 305 g/mol. The average Bonchev–Trinajstić information content (AvgIpc) is 2.48. The molecule has 4 nitrogen and oxygen atoms in total. The lowest BCUT2D eigenvalue weighted by Gasteiger charge is -2.05. The number of benzene rings is 1. The normalized spacial score (nSPS) is 10.4. The van der Waals surface area contributed by atoms with Crippen LogP contribution in [-0.4, -0.2) is 22.7 Å². The van der Waals surface area contributed by atoms with Crippen molar-refractivity contribution >= 4 is 5.91 Å². The minimum Gasteiger partial charge on any atom is -0.504 e. The molecule has 22 heavy (non-hydrogen) atoms. The van der Waals surface area contributed by atoms with Crippen molar-refractivity contribution in [2.24, 2.45) is 0 Å². The van der Waals surface area contributed by atoms with Crippen molar-refractivity contribution in [1.29, 1.82) is 0 Å². The summed E-state index contributed by atoms with van der Waals surface area (Å²) in [6, 6.07) is 5.00. The van der Waals surface area contributed by atoms with Gasteiger partial charge in [0, 0.05) is 12.1 Å². The zero-order valence-corrected chi connectivity index (χ0v) is 13.4. The first-order chi connectivity index (χ1) is 10.5. The van der Waals surface area contributed by atoms with Crippen molar-refractivity contribution in [2.75, 3.05) is 6.54 Å². The number of carbonyl (C=O) groups is 1. The van der Waals surface area contributed by atoms with Gasteiger partial charge in [-0.25, -0.2) is 0 Å². The molecule has 0 aliphatic heterocycles. The third kappa shape index (κ3) is 7.16. The molecule has 0 spiro atoms. The second kappa shape index (κ2) is 9.87. The van der Waals surface area contributed by atoms with Gasteiger partial charge >= 0.3 is 0 Å². The molecule has 0 heterocycles. The molecule has 1 rings (SSSR count). The van der Waals surface area contributed by atoms with Crippen LogP contribution in [-0.2, 0) is 11.2 Å². The molecule has 0 aliphatic carbocycles. The Morgan fingerprint density at radius 2 is 1.68 bits per heavy atom. The van der Waals surface area contributed by atoms with Crippen LogP contribution in [0.1, 0.15) is 51.0 Å². The summed E-state index contributed by atoms with van der Waals surface area (Å²) in [4.78, 5) is 11.3. The van der Waals surface area contributed by atoms with Gasteiger partial charge < -0.3 is 15.5 Å². The van der Waals surface area contributed by atoms with Gasteiger partial charge in [-0.2, -0.15) is 0 Å². The minimum atomic E-state index is -0.0671. The highest BCUT2D eigenvalue weighted by atomic mass is 16.3. The molecule has 0 aromatic heterocycles. The molecular weight excluding hydrogens is 278 g/mol. The van der Waals surface area contributed by atoms with Gasteiger partial charge in [-0.15, -0.1) is 0 Å². The molecule has 0 atom stereocenters. The molecule has 1 amide bonds. The van der Waals surface area contributed by atoms with Crippen molar-refractivity contribution in [3.63, 3.8) is 0 Å². The van der Waals surface area contributed by atoms with Gasteiger partial charge in [0.05, 0.1) is 0 Å². The number of amides is 1. The number of carbonyl (C=O) groups excluding carboxylic acids is 1. The molecule has 0 bridgehead atoms. The third-order valence-corrected chi connectivity index (χ3v) is 3.61. The Labute approximate surface area is 132 Å². The Kier molecular flexibility index (Phi) is 8.11. The Hall–Kier alpha value is -1.97. The fourth-order valence-corrected chi connectivity index (χ4v) is 2.24. The second-order valence-corrected chi connectivity index (χ2v) is 5.73. The smallest absolute Gasteiger partial charge is 0.246 e. The highest BCUT2D eigenvalue weighted by molar-refractivity contribution is 5.91. The molecule has 0 unspecified atom stereocenters. The number of hydrogen-bond acceptors (Lipinski definition) is 3. The largest absolute Gasteiger partial charge is 0.504 e. The molecule has 1 aromatic carbocycles. The molecule has 0 radical (unpaired) electrons. The molecule has 0 aliphatic rings. The maximum Gasteiger partial charge on any atom is 0.246 e. The molecule has 1 aromatic rings. The van der Waals surface area contributed by atoms with E-state index in [1.54, 1.807) is 13.0 Å². The van der Waals surface area contributed by atoms with Crippen LogP contribution < -0.4 is 5.32 Å². The Balaban J connectivity index is 1.98. The van der Waals surface area contributed by atoms with Crippen molar-refractivity contribution in [3.05, 3.63) is 35.9 Å². The lowest BCUT2D eigenvalue weighted by Crippen LogP contribution is -2.24. The Morgan fingerprint density at radius 1 is 1.05 bits per heavy atom. The number of aromatic hydroxyl groups is 2. The lowest BCUT2D eigenvalue weighted by molar-refractivity contribution is -0.117. The van der Waals surface area contributed by atoms with E-state index in [4.69, 9.17) is 0 Å². The van der Waals surface area contributed by atoms with Crippen molar-refractivity contribution < 1.29 is 15.0 Å². The van der Waals surface area contributed by atoms with E-state index in [-0.39, 0.29) is 17.4 Å². The predicted molar refractivity (Wildman–Crippen MR) is 89.0 cm³/mol. The third-order valence-electron chi connectivity index (χ3n) is 3.61. The summed E-state index contributed by atoms with van der Waals surface area (Å²) in [6.07, 6.45) is 7.63. The van der Waals surface area contributed by atoms with Gasteiger partial charge in [0.15, 0.2) is 11.5 Å². The molecular formula is C18H27NO3. The summed E-state index contributed by atoms with van der Waals surface area (Å²) >= 11 is 0. The quantitative estimate of drug-likeness (QED) is 0.351. The molecule has 3 N–H and O–H groups in total. The summed E-state index contributed by atoms with van der Waals surface area (Å²) in [5.74, 6) is -0.172. The number of nitrogens with one attached hydrogen (secondary N) is 1. The zero-order chi connectivity index (χ0) is 16.4. The second-order valence-electron chi connectivity index (χ2n) is 5.73. The van der Waals surface area contributed by atoms with Crippen LogP contribution in [0.5, 0.6) is 11.5 Å². The molecule has 0 fully saturated rings. The number of rotatable bonds is 10. The van der Waals surface area contributed by atoms with Gasteiger partial charge in [0.25, 0.3) is 0 Å². The van der Waals surface area contributed by atoms with E-state index in [1.165, 1.54) is 18.9 Å². The van der Waals surface area contributed by atoms with E-state index < -0.39 is 0 Å². The Morgan fingerprint density at radius 3 is 2.32 bits per heavy atom. The lowest BCUT2D eigenvalue weighted by atomic mass is 10.0. The van der Waals surface area contributed by atoms with Crippen molar-refractivity contribution in [3.8, 4) is 11.5 Å². The highest BCUT2D eigenvalue weighted by Gasteiger charge is 2.01. The van der Waals surface area contributed by atoms with Crippen LogP contribution in [0.25, 0.3) is 0 Å². The number of aryl methyl sites for hydroxylation is 1. The van der Waals surface area contributed by atoms with Crippen LogP contribution in [0.4, 0.5) is 0 Å². The minimum absolute atomic E-state index is 0.0469. The van der Waals surface area contributed by atoms with E-state index in [1.807, 2.05) is 6.07 Å². The van der Waals surface area contributed by atoms with E-state index in [0.717, 1.165) is 44.2 Å². The highest BCUT2D eigenvalue weighted by Crippen LogP contribution is 2.25. The van der Waals surface area contributed by atoms with E-state index in [9.17, 15) is 15.0 Å². The standard InChI is InChI=1S/C18H27NO3/c1-14(2)18(22)19-12-8-6-4-3-5-7-9-15-10-11-16(20)17(21)13-15/h10-11,13,20-21H,1,3-9,12H2,2H3,(H,19,22). The molecule has 122 valence electrons. The van der Waals surface area contributed by atoms with Crippen LogP contribution in [0.3, 0.4) is 0 Å². The molecule has 0 saturated carbocycles. The molecule has 4 heteroatoms. The first kappa shape index (κ1) is 18.1. The average molecular weight is 305 g/mol. The summed E-state index contributed by atoms with van der Waals surface area (Å²) in [7, 11) is 0. The SMILES string of the molecule is C=C(C)C(=O)NCCCCCCCCc1ccc(O)c(O)c1. The summed E-state index contributed by atoms with van der Waals surface area (Å²) in [5.41, 5.74) is 1.61. The summed E-state index contributed by atoms with van der Waals surface area (Å²) in [5, 5.41) is 21.5. The first-order valence-electron chi connectivity index (χ1n) is 7.95. The van der Waals surface area contributed by atoms with E-state index >= 15 is 0 Å². The predicted octanol–water partition coefficient (Wildman–Crippen LogP) is 3.67. The Bertz CT molecular complexity index is 497. The van der Waals surface area contributed by atoms with Crippen LogP contribution in [0, 0.1) is 0 Å². The van der Waals surface area contributed by atoms with Gasteiger partial charge in [-0.1, -0.05) is 38.3 Å². The summed E-state index contributed by atoms with van der Waals surface area (Å²) in [6.45, 7) is 6.03. The maximum absolute atomic E-state index is 11.3. The fraction of sp³-hybridized carbons (Fsp3) is 0.500. The van der Waals surface area contributed by atoms with Gasteiger partial charge in [0.2, 0.25) is 5.91 Å².